The summed E-state index contributed by atoms with van der Waals surface area (Å²) < 4.78 is 24.2. The van der Waals surface area contributed by atoms with E-state index in [1.807, 2.05) is 0 Å². The van der Waals surface area contributed by atoms with Crippen molar-refractivity contribution < 1.29 is 53.8 Å². The van der Waals surface area contributed by atoms with Gasteiger partial charge >= 0.3 is 17.9 Å². The largest absolute Gasteiger partial charge is 0.469 e. The number of hydrogen-bond donors (Lipinski definition) is 2. The summed E-state index contributed by atoms with van der Waals surface area (Å²) in [5.74, 6) is -0.332. The first-order valence-corrected chi connectivity index (χ1v) is 29.5. The molecule has 2 aliphatic heterocycles. The lowest BCUT2D eigenvalue weighted by Crippen LogP contribution is -2.10. The number of aliphatic hydroxyl groups is 2. The van der Waals surface area contributed by atoms with Gasteiger partial charge in [0.2, 0.25) is 0 Å². The minimum atomic E-state index is -0.553. The molecule has 4 N–H and O–H groups in total. The molecule has 430 valence electrons. The number of hydrogen-bond acceptors (Lipinski definition) is 10. The van der Waals surface area contributed by atoms with Gasteiger partial charge in [0.05, 0.1) is 59.5 Å². The van der Waals surface area contributed by atoms with Gasteiger partial charge in [-0.3, -0.25) is 14.4 Å². The maximum Gasteiger partial charge on any atom is 0.305 e. The zero-order valence-electron chi connectivity index (χ0n) is 47.5. The van der Waals surface area contributed by atoms with Gasteiger partial charge in [-0.25, -0.2) is 0 Å². The van der Waals surface area contributed by atoms with E-state index in [1.54, 1.807) is 0 Å². The van der Waals surface area contributed by atoms with Crippen molar-refractivity contribution in [1.82, 2.24) is 0 Å². The SMILES string of the molecule is COC(=O)CCC/C=C\CCCCCCC/C=C\CCCC1CO1.COC(=O)CCC/C=C\CCCCCCC/C=C\CCC[C@@H](O)CO.COC(=O)CCC/C=C\CCCCCCC/C=C\CCC[C@H]1CO1.O. The number of carbonyl (C=O) groups is 3. The van der Waals surface area contributed by atoms with Crippen LogP contribution in [0.3, 0.4) is 0 Å². The Hall–Kier alpha value is -3.35. The highest BCUT2D eigenvalue weighted by Gasteiger charge is 2.21. The average molecular weight is 1050 g/mol. The molecule has 0 amide bonds. The molecule has 0 spiro atoms. The first-order chi connectivity index (χ1) is 35.9. The summed E-state index contributed by atoms with van der Waals surface area (Å²) in [6, 6.07) is 0. The van der Waals surface area contributed by atoms with Crippen LogP contribution in [-0.2, 0) is 38.1 Å². The number of carbonyl (C=O) groups excluding carboxylic acids is 3. The molecule has 11 heteroatoms. The second kappa shape index (κ2) is 60.5. The van der Waals surface area contributed by atoms with Crippen molar-refractivity contribution in [2.75, 3.05) is 41.2 Å². The van der Waals surface area contributed by atoms with Crippen LogP contribution in [-0.4, -0.2) is 93.1 Å². The number of aliphatic hydroxyl groups excluding tert-OH is 2. The van der Waals surface area contributed by atoms with E-state index in [0.717, 1.165) is 77.4 Å². The average Bonchev–Trinajstić information content (AvgIpc) is 4.36. The lowest BCUT2D eigenvalue weighted by Gasteiger charge is -2.03. The third-order valence-electron chi connectivity index (χ3n) is 12.9. The number of rotatable bonds is 49. The Bertz CT molecular complexity index is 1320. The van der Waals surface area contributed by atoms with Gasteiger partial charge < -0.3 is 39.4 Å². The Morgan fingerprint density at radius 1 is 0.392 bits per heavy atom. The number of epoxide rings is 2. The Morgan fingerprint density at radius 2 is 0.608 bits per heavy atom. The quantitative estimate of drug-likeness (QED) is 0.0196. The number of unbranched alkanes of at least 4 members (excludes halogenated alkanes) is 24. The molecule has 0 aromatic rings. The van der Waals surface area contributed by atoms with Crippen LogP contribution >= 0.6 is 0 Å². The summed E-state index contributed by atoms with van der Waals surface area (Å²) in [7, 11) is 4.32. The van der Waals surface area contributed by atoms with E-state index >= 15 is 0 Å². The number of allylic oxidation sites excluding steroid dienone is 12. The summed E-state index contributed by atoms with van der Waals surface area (Å²) in [6.45, 7) is 1.86. The predicted molar refractivity (Wildman–Crippen MR) is 307 cm³/mol. The molecular weight excluding hydrogens is 933 g/mol. The van der Waals surface area contributed by atoms with Crippen LogP contribution in [0.1, 0.15) is 250 Å². The molecule has 2 heterocycles. The molecule has 11 nitrogen and oxygen atoms in total. The molecular formula is C63H112O11. The second-order valence-corrected chi connectivity index (χ2v) is 19.8. The lowest BCUT2D eigenvalue weighted by atomic mass is 10.1. The molecule has 0 aromatic heterocycles. The first-order valence-electron chi connectivity index (χ1n) is 29.5. The van der Waals surface area contributed by atoms with E-state index in [1.165, 1.54) is 182 Å². The fourth-order valence-electron chi connectivity index (χ4n) is 7.94. The van der Waals surface area contributed by atoms with Crippen LogP contribution in [0, 0.1) is 0 Å². The molecule has 2 saturated heterocycles. The molecule has 0 aromatic carbocycles. The van der Waals surface area contributed by atoms with Crippen molar-refractivity contribution in [3.8, 4) is 0 Å². The maximum atomic E-state index is 10.9. The number of ether oxygens (including phenoxy) is 5. The van der Waals surface area contributed by atoms with E-state index in [0.29, 0.717) is 37.9 Å². The van der Waals surface area contributed by atoms with Gasteiger partial charge in [-0.15, -0.1) is 0 Å². The molecule has 0 bridgehead atoms. The molecule has 2 aliphatic rings. The zero-order valence-corrected chi connectivity index (χ0v) is 47.5. The van der Waals surface area contributed by atoms with Gasteiger partial charge in [0, 0.05) is 19.3 Å². The molecule has 0 saturated carbocycles. The molecule has 2 rings (SSSR count). The fourth-order valence-corrected chi connectivity index (χ4v) is 7.94. The van der Waals surface area contributed by atoms with E-state index in [9.17, 15) is 19.5 Å². The fraction of sp³-hybridized carbons (Fsp3) is 0.762. The van der Waals surface area contributed by atoms with Crippen LogP contribution in [0.15, 0.2) is 72.9 Å². The Kier molecular flexibility index (Phi) is 59.5. The summed E-state index contributed by atoms with van der Waals surface area (Å²) in [6.07, 6.45) is 71.7. The molecule has 74 heavy (non-hydrogen) atoms. The van der Waals surface area contributed by atoms with Crippen LogP contribution in [0.25, 0.3) is 0 Å². The van der Waals surface area contributed by atoms with E-state index in [-0.39, 0.29) is 30.0 Å². The smallest absolute Gasteiger partial charge is 0.305 e. The Labute approximate surface area is 452 Å². The normalized spacial score (nSPS) is 15.4. The predicted octanol–water partition coefficient (Wildman–Crippen LogP) is 15.4. The van der Waals surface area contributed by atoms with Gasteiger partial charge in [-0.2, -0.15) is 0 Å². The van der Waals surface area contributed by atoms with Crippen LogP contribution < -0.4 is 0 Å². The Balaban J connectivity index is 0. The van der Waals surface area contributed by atoms with E-state index in [2.05, 4.69) is 87.1 Å². The molecule has 3 atom stereocenters. The number of esters is 3. The van der Waals surface area contributed by atoms with Crippen LogP contribution in [0.4, 0.5) is 0 Å². The van der Waals surface area contributed by atoms with Gasteiger partial charge in [-0.05, 0) is 173 Å². The minimum absolute atomic E-state index is 0. The molecule has 0 aliphatic carbocycles. The van der Waals surface area contributed by atoms with E-state index < -0.39 is 6.10 Å². The summed E-state index contributed by atoms with van der Waals surface area (Å²) in [4.78, 5) is 32.8. The minimum Gasteiger partial charge on any atom is -0.469 e. The highest BCUT2D eigenvalue weighted by molar-refractivity contribution is 5.69. The van der Waals surface area contributed by atoms with Crippen LogP contribution in [0.2, 0.25) is 0 Å². The highest BCUT2D eigenvalue weighted by atomic mass is 16.6. The summed E-state index contributed by atoms with van der Waals surface area (Å²) >= 11 is 0. The third-order valence-corrected chi connectivity index (χ3v) is 12.9. The maximum absolute atomic E-state index is 10.9. The lowest BCUT2D eigenvalue weighted by molar-refractivity contribution is -0.141. The van der Waals surface area contributed by atoms with Crippen molar-refractivity contribution in [3.05, 3.63) is 72.9 Å². The van der Waals surface area contributed by atoms with Crippen molar-refractivity contribution in [1.29, 1.82) is 0 Å². The van der Waals surface area contributed by atoms with Gasteiger partial charge in [0.1, 0.15) is 0 Å². The van der Waals surface area contributed by atoms with Gasteiger partial charge in [0.15, 0.2) is 0 Å². The van der Waals surface area contributed by atoms with Crippen molar-refractivity contribution in [2.45, 2.75) is 269 Å². The highest BCUT2D eigenvalue weighted by Crippen LogP contribution is 2.18. The summed E-state index contributed by atoms with van der Waals surface area (Å²) in [5.41, 5.74) is 0. The molecule has 1 unspecified atom stereocenters. The topological polar surface area (TPSA) is 176 Å². The monoisotopic (exact) mass is 1040 g/mol. The van der Waals surface area contributed by atoms with Gasteiger partial charge in [-0.1, -0.05) is 131 Å². The first kappa shape index (κ1) is 72.7. The second-order valence-electron chi connectivity index (χ2n) is 19.8. The van der Waals surface area contributed by atoms with Gasteiger partial charge in [0.25, 0.3) is 0 Å². The molecule has 2 fully saturated rings. The van der Waals surface area contributed by atoms with E-state index in [4.69, 9.17) is 14.6 Å². The van der Waals surface area contributed by atoms with Crippen molar-refractivity contribution in [2.24, 2.45) is 0 Å². The van der Waals surface area contributed by atoms with Crippen molar-refractivity contribution in [3.63, 3.8) is 0 Å². The third kappa shape index (κ3) is 62.9. The summed E-state index contributed by atoms with van der Waals surface area (Å²) in [5, 5.41) is 17.9. The molecule has 0 radical (unpaired) electrons. The van der Waals surface area contributed by atoms with Crippen molar-refractivity contribution >= 4 is 17.9 Å². The zero-order chi connectivity index (χ0) is 53.2. The number of methoxy groups -OCH3 is 3. The Morgan fingerprint density at radius 3 is 0.838 bits per heavy atom. The standard InChI is InChI=1S/C21H38O4.2C21H36O3.H2O/c1-25-21(24)18-16-14-12-10-8-6-4-2-3-5-7-9-11-13-15-17-20(23)19-22;2*1-23-21(22)18-16-14-12-10-8-6-4-2-3-5-7-9-11-13-15-17-20-19-24-20;/h9-12,20,22-23H,2-8,13-19H2,1H3;2*9-12,20H,2-8,13-19H2,1H3;1H2/b3*11-9-,12-10-;/t2*20-;;/m10../s1. The van der Waals surface area contributed by atoms with Crippen LogP contribution in [0.5, 0.6) is 0 Å².